The second kappa shape index (κ2) is 8.15. The molecule has 0 bridgehead atoms. The maximum absolute atomic E-state index is 8.36. The number of hydrogen-bond donors (Lipinski definition) is 2. The SMILES string of the molecule is Cc1nn(-c2nn[nH]n2)c(C)c1-c1ccc(CN(C)C)cc1.O=CO. The number of aromatic nitrogens is 6. The molecule has 0 atom stereocenters. The highest BCUT2D eigenvalue weighted by molar-refractivity contribution is 5.69. The van der Waals surface area contributed by atoms with Crippen LogP contribution in [0.2, 0.25) is 0 Å². The Balaban J connectivity index is 0.000000701. The molecule has 0 fully saturated rings. The minimum Gasteiger partial charge on any atom is -0.483 e. The van der Waals surface area contributed by atoms with Crippen molar-refractivity contribution in [2.24, 2.45) is 0 Å². The Morgan fingerprint density at radius 3 is 2.40 bits per heavy atom. The van der Waals surface area contributed by atoms with E-state index in [-0.39, 0.29) is 6.47 Å². The fourth-order valence-electron chi connectivity index (χ4n) is 2.64. The second-order valence-electron chi connectivity index (χ2n) is 5.71. The van der Waals surface area contributed by atoms with E-state index >= 15 is 0 Å². The van der Waals surface area contributed by atoms with Gasteiger partial charge in [-0.05, 0) is 44.3 Å². The summed E-state index contributed by atoms with van der Waals surface area (Å²) in [5.41, 5.74) is 5.49. The number of aryl methyl sites for hydroxylation is 1. The number of H-pyrrole nitrogens is 1. The van der Waals surface area contributed by atoms with Crippen molar-refractivity contribution in [3.63, 3.8) is 0 Å². The molecule has 2 heterocycles. The highest BCUT2D eigenvalue weighted by Gasteiger charge is 2.16. The van der Waals surface area contributed by atoms with Gasteiger partial charge in [-0.2, -0.15) is 15.0 Å². The van der Waals surface area contributed by atoms with Gasteiger partial charge in [0, 0.05) is 12.1 Å². The molecule has 0 aliphatic heterocycles. The van der Waals surface area contributed by atoms with Crippen LogP contribution in [0.3, 0.4) is 0 Å². The van der Waals surface area contributed by atoms with Crippen LogP contribution in [-0.4, -0.2) is 61.0 Å². The lowest BCUT2D eigenvalue weighted by atomic mass is 10.0. The van der Waals surface area contributed by atoms with E-state index in [1.165, 1.54) is 5.56 Å². The van der Waals surface area contributed by atoms with Gasteiger partial charge in [-0.1, -0.05) is 29.4 Å². The van der Waals surface area contributed by atoms with E-state index in [9.17, 15) is 0 Å². The highest BCUT2D eigenvalue weighted by Crippen LogP contribution is 2.28. The zero-order chi connectivity index (χ0) is 18.4. The van der Waals surface area contributed by atoms with Crippen molar-refractivity contribution in [2.45, 2.75) is 20.4 Å². The van der Waals surface area contributed by atoms with E-state index in [0.29, 0.717) is 5.95 Å². The predicted molar refractivity (Wildman–Crippen MR) is 92.3 cm³/mol. The van der Waals surface area contributed by atoms with Gasteiger partial charge in [-0.15, -0.1) is 5.10 Å². The molecule has 2 N–H and O–H groups in total. The maximum Gasteiger partial charge on any atom is 0.290 e. The minimum atomic E-state index is -0.250. The first-order valence-corrected chi connectivity index (χ1v) is 7.59. The number of benzene rings is 1. The molecule has 9 nitrogen and oxygen atoms in total. The van der Waals surface area contributed by atoms with Crippen LogP contribution in [0.15, 0.2) is 24.3 Å². The third-order valence-corrected chi connectivity index (χ3v) is 3.56. The lowest BCUT2D eigenvalue weighted by Crippen LogP contribution is -2.10. The number of tetrazole rings is 1. The predicted octanol–water partition coefficient (Wildman–Crippen LogP) is 1.43. The van der Waals surface area contributed by atoms with Crippen LogP contribution in [-0.2, 0) is 11.3 Å². The van der Waals surface area contributed by atoms with Crippen LogP contribution < -0.4 is 0 Å². The van der Waals surface area contributed by atoms with Crippen molar-refractivity contribution in [1.29, 1.82) is 0 Å². The molecular weight excluding hydrogens is 322 g/mol. The Bertz CT molecular complexity index is 808. The van der Waals surface area contributed by atoms with Crippen molar-refractivity contribution in [1.82, 2.24) is 35.3 Å². The van der Waals surface area contributed by atoms with E-state index in [1.807, 2.05) is 13.8 Å². The average Bonchev–Trinajstić information content (AvgIpc) is 3.17. The summed E-state index contributed by atoms with van der Waals surface area (Å²) in [7, 11) is 4.13. The Morgan fingerprint density at radius 1 is 1.24 bits per heavy atom. The highest BCUT2D eigenvalue weighted by atomic mass is 16.3. The van der Waals surface area contributed by atoms with E-state index in [0.717, 1.165) is 29.1 Å². The Morgan fingerprint density at radius 2 is 1.88 bits per heavy atom. The third-order valence-electron chi connectivity index (χ3n) is 3.56. The molecule has 0 aliphatic rings. The summed E-state index contributed by atoms with van der Waals surface area (Å²) in [6.45, 7) is 4.69. The molecule has 0 saturated heterocycles. The van der Waals surface area contributed by atoms with Gasteiger partial charge in [-0.3, -0.25) is 4.79 Å². The molecule has 25 heavy (non-hydrogen) atoms. The van der Waals surface area contributed by atoms with Crippen LogP contribution in [0.25, 0.3) is 17.1 Å². The quantitative estimate of drug-likeness (QED) is 0.689. The summed E-state index contributed by atoms with van der Waals surface area (Å²) in [6, 6.07) is 8.58. The third kappa shape index (κ3) is 4.27. The van der Waals surface area contributed by atoms with Gasteiger partial charge in [0.25, 0.3) is 12.4 Å². The second-order valence-corrected chi connectivity index (χ2v) is 5.71. The number of nitrogens with zero attached hydrogens (tertiary/aromatic N) is 6. The number of carboxylic acid groups (broad SMARTS) is 1. The van der Waals surface area contributed by atoms with Crippen molar-refractivity contribution in [3.05, 3.63) is 41.2 Å². The molecule has 9 heteroatoms. The standard InChI is InChI=1S/C15H19N7.CH2O2/c1-10-14(11(2)22(18-10)15-16-19-20-17-15)13-7-5-12(6-8-13)9-21(3)4;2-1-3/h5-8H,9H2,1-4H3,(H,16,17,19,20);1H,(H,2,3). The van der Waals surface area contributed by atoms with Crippen molar-refractivity contribution >= 4 is 6.47 Å². The molecule has 0 aliphatic carbocycles. The Labute approximate surface area is 145 Å². The van der Waals surface area contributed by atoms with E-state index < -0.39 is 0 Å². The van der Waals surface area contributed by atoms with Crippen LogP contribution >= 0.6 is 0 Å². The molecule has 0 saturated carbocycles. The zero-order valence-electron chi connectivity index (χ0n) is 14.6. The van der Waals surface area contributed by atoms with E-state index in [4.69, 9.17) is 9.90 Å². The Hall–Kier alpha value is -3.07. The van der Waals surface area contributed by atoms with Crippen molar-refractivity contribution < 1.29 is 9.90 Å². The van der Waals surface area contributed by atoms with E-state index in [2.05, 4.69) is 69.0 Å². The number of carbonyl (C=O) groups is 1. The van der Waals surface area contributed by atoms with Gasteiger partial charge in [-0.25, -0.2) is 0 Å². The molecule has 0 spiro atoms. The molecule has 1 aromatic carbocycles. The van der Waals surface area contributed by atoms with Crippen molar-refractivity contribution in [3.8, 4) is 17.1 Å². The summed E-state index contributed by atoms with van der Waals surface area (Å²) < 4.78 is 1.71. The lowest BCUT2D eigenvalue weighted by Gasteiger charge is -2.10. The smallest absolute Gasteiger partial charge is 0.290 e. The molecule has 132 valence electrons. The maximum atomic E-state index is 8.36. The first-order valence-electron chi connectivity index (χ1n) is 7.59. The van der Waals surface area contributed by atoms with Gasteiger partial charge in [0.2, 0.25) is 0 Å². The summed E-state index contributed by atoms with van der Waals surface area (Å²) >= 11 is 0. The van der Waals surface area contributed by atoms with Gasteiger partial charge in [0.05, 0.1) is 11.4 Å². The molecule has 0 unspecified atom stereocenters. The summed E-state index contributed by atoms with van der Waals surface area (Å²) in [5.74, 6) is 0.455. The van der Waals surface area contributed by atoms with Crippen LogP contribution in [0.5, 0.6) is 0 Å². The van der Waals surface area contributed by atoms with Gasteiger partial charge in [0.1, 0.15) is 0 Å². The molecule has 0 amide bonds. The molecule has 0 radical (unpaired) electrons. The number of hydrogen-bond acceptors (Lipinski definition) is 6. The average molecular weight is 343 g/mol. The van der Waals surface area contributed by atoms with E-state index in [1.54, 1.807) is 4.68 Å². The fourth-order valence-corrected chi connectivity index (χ4v) is 2.64. The molecule has 3 rings (SSSR count). The minimum absolute atomic E-state index is 0.250. The number of nitrogens with one attached hydrogen (secondary N) is 1. The first kappa shape index (κ1) is 18.3. The zero-order valence-corrected chi connectivity index (χ0v) is 14.6. The summed E-state index contributed by atoms with van der Waals surface area (Å²) in [5, 5.41) is 25.4. The van der Waals surface area contributed by atoms with Gasteiger partial charge >= 0.3 is 0 Å². The Kier molecular flexibility index (Phi) is 5.96. The summed E-state index contributed by atoms with van der Waals surface area (Å²) in [6.07, 6.45) is 0. The first-order chi connectivity index (χ1) is 12.0. The van der Waals surface area contributed by atoms with Gasteiger partial charge in [0.15, 0.2) is 0 Å². The summed E-state index contributed by atoms with van der Waals surface area (Å²) in [4.78, 5) is 10.5. The monoisotopic (exact) mass is 343 g/mol. The topological polar surface area (TPSA) is 113 Å². The molecule has 2 aromatic heterocycles. The number of aromatic amines is 1. The molecule has 3 aromatic rings. The largest absolute Gasteiger partial charge is 0.483 e. The van der Waals surface area contributed by atoms with Crippen LogP contribution in [0, 0.1) is 13.8 Å². The van der Waals surface area contributed by atoms with Crippen molar-refractivity contribution in [2.75, 3.05) is 14.1 Å². The van der Waals surface area contributed by atoms with Crippen LogP contribution in [0.4, 0.5) is 0 Å². The normalized spacial score (nSPS) is 10.4. The lowest BCUT2D eigenvalue weighted by molar-refractivity contribution is -0.122. The van der Waals surface area contributed by atoms with Crippen LogP contribution in [0.1, 0.15) is 17.0 Å². The fraction of sp³-hybridized carbons (Fsp3) is 0.312. The number of rotatable bonds is 4. The molecular formula is C16H21N7O2. The van der Waals surface area contributed by atoms with Gasteiger partial charge < -0.3 is 10.0 Å².